The van der Waals surface area contributed by atoms with E-state index in [9.17, 15) is 4.79 Å². The molecule has 3 N–H and O–H groups in total. The van der Waals surface area contributed by atoms with Gasteiger partial charge >= 0.3 is 0 Å². The molecule has 2 aliphatic carbocycles. The molecule has 0 heterocycles. The maximum absolute atomic E-state index is 11.5. The molecule has 0 aromatic rings. The lowest BCUT2D eigenvalue weighted by atomic mass is 10.0. The van der Waals surface area contributed by atoms with Crippen molar-refractivity contribution in [3.05, 3.63) is 0 Å². The van der Waals surface area contributed by atoms with Gasteiger partial charge in [-0.05, 0) is 31.1 Å². The van der Waals surface area contributed by atoms with Gasteiger partial charge < -0.3 is 11.1 Å². The Kier molecular flexibility index (Phi) is 2.77. The second-order valence-electron chi connectivity index (χ2n) is 5.06. The molecule has 1 amide bonds. The van der Waals surface area contributed by atoms with Crippen LogP contribution in [0.25, 0.3) is 0 Å². The lowest BCUT2D eigenvalue weighted by Crippen LogP contribution is -2.30. The summed E-state index contributed by atoms with van der Waals surface area (Å²) in [5.74, 6) is 1.65. The molecule has 14 heavy (non-hydrogen) atoms. The number of carbonyl (C=O) groups is 1. The third kappa shape index (κ3) is 2.47. The highest BCUT2D eigenvalue weighted by atomic mass is 16.1. The fraction of sp³-hybridized carbons (Fsp3) is 0.909. The minimum Gasteiger partial charge on any atom is -0.352 e. The molecule has 2 fully saturated rings. The molecular weight excluding hydrogens is 176 g/mol. The highest BCUT2D eigenvalue weighted by Crippen LogP contribution is 2.32. The minimum atomic E-state index is 0.210. The predicted molar refractivity (Wildman–Crippen MR) is 55.6 cm³/mol. The minimum absolute atomic E-state index is 0.210. The summed E-state index contributed by atoms with van der Waals surface area (Å²) in [5.41, 5.74) is 5.63. The number of carbonyl (C=O) groups excluding carboxylic acids is 1. The highest BCUT2D eigenvalue weighted by Gasteiger charge is 2.35. The van der Waals surface area contributed by atoms with Crippen molar-refractivity contribution in [2.45, 2.75) is 51.1 Å². The summed E-state index contributed by atoms with van der Waals surface area (Å²) in [7, 11) is 0. The zero-order chi connectivity index (χ0) is 10.1. The van der Waals surface area contributed by atoms with Gasteiger partial charge in [-0.25, -0.2) is 0 Å². The highest BCUT2D eigenvalue weighted by molar-refractivity contribution is 5.77. The van der Waals surface area contributed by atoms with Crippen molar-refractivity contribution in [3.8, 4) is 0 Å². The Morgan fingerprint density at radius 3 is 2.64 bits per heavy atom. The lowest BCUT2D eigenvalue weighted by Gasteiger charge is -2.09. The second-order valence-corrected chi connectivity index (χ2v) is 5.06. The average molecular weight is 196 g/mol. The van der Waals surface area contributed by atoms with Gasteiger partial charge in [0.25, 0.3) is 0 Å². The van der Waals surface area contributed by atoms with Crippen LogP contribution in [0.15, 0.2) is 0 Å². The van der Waals surface area contributed by atoms with E-state index in [1.807, 2.05) is 0 Å². The van der Waals surface area contributed by atoms with Gasteiger partial charge in [-0.1, -0.05) is 13.3 Å². The van der Waals surface area contributed by atoms with Gasteiger partial charge in [-0.15, -0.1) is 0 Å². The van der Waals surface area contributed by atoms with Crippen molar-refractivity contribution >= 4 is 5.91 Å². The zero-order valence-electron chi connectivity index (χ0n) is 8.83. The number of hydrogen-bond donors (Lipinski definition) is 2. The molecule has 0 radical (unpaired) electrons. The number of rotatable bonds is 3. The Labute approximate surface area is 85.4 Å². The Morgan fingerprint density at radius 1 is 1.43 bits per heavy atom. The lowest BCUT2D eigenvalue weighted by molar-refractivity contribution is -0.122. The molecule has 0 aromatic heterocycles. The van der Waals surface area contributed by atoms with E-state index in [4.69, 9.17) is 5.73 Å². The molecule has 0 saturated heterocycles. The number of amides is 1. The van der Waals surface area contributed by atoms with E-state index in [2.05, 4.69) is 12.2 Å². The van der Waals surface area contributed by atoms with Crippen molar-refractivity contribution in [2.75, 3.05) is 0 Å². The van der Waals surface area contributed by atoms with E-state index in [1.165, 1.54) is 19.3 Å². The molecule has 2 rings (SSSR count). The standard InChI is InChI=1S/C11H20N2O/c1-7-2-3-8(4-7)5-11(14)13-10-6-9(10)12/h7-10H,2-6,12H2,1H3,(H,13,14). The normalized spacial score (nSPS) is 41.0. The quantitative estimate of drug-likeness (QED) is 0.708. The van der Waals surface area contributed by atoms with Crippen molar-refractivity contribution in [1.82, 2.24) is 5.32 Å². The van der Waals surface area contributed by atoms with E-state index in [1.54, 1.807) is 0 Å². The zero-order valence-corrected chi connectivity index (χ0v) is 8.83. The Morgan fingerprint density at radius 2 is 2.14 bits per heavy atom. The van der Waals surface area contributed by atoms with Crippen LogP contribution in [0.5, 0.6) is 0 Å². The van der Waals surface area contributed by atoms with Crippen LogP contribution in [0.4, 0.5) is 0 Å². The molecule has 0 spiro atoms. The van der Waals surface area contributed by atoms with E-state index >= 15 is 0 Å². The summed E-state index contributed by atoms with van der Waals surface area (Å²) in [6.45, 7) is 2.27. The SMILES string of the molecule is CC1CCC(CC(=O)NC2CC2N)C1. The Hall–Kier alpha value is -0.570. The third-order valence-electron chi connectivity index (χ3n) is 3.46. The topological polar surface area (TPSA) is 55.1 Å². The van der Waals surface area contributed by atoms with Gasteiger partial charge in [0.1, 0.15) is 0 Å². The predicted octanol–water partition coefficient (Wildman–Crippen LogP) is 1.03. The van der Waals surface area contributed by atoms with Gasteiger partial charge in [0, 0.05) is 18.5 Å². The van der Waals surface area contributed by atoms with Crippen LogP contribution in [-0.2, 0) is 4.79 Å². The van der Waals surface area contributed by atoms with Crippen molar-refractivity contribution in [1.29, 1.82) is 0 Å². The number of hydrogen-bond acceptors (Lipinski definition) is 2. The van der Waals surface area contributed by atoms with Crippen molar-refractivity contribution in [3.63, 3.8) is 0 Å². The van der Waals surface area contributed by atoms with E-state index < -0.39 is 0 Å². The molecule has 3 nitrogen and oxygen atoms in total. The maximum atomic E-state index is 11.5. The third-order valence-corrected chi connectivity index (χ3v) is 3.46. The molecule has 2 saturated carbocycles. The van der Waals surface area contributed by atoms with Crippen LogP contribution < -0.4 is 11.1 Å². The number of nitrogens with one attached hydrogen (secondary N) is 1. The smallest absolute Gasteiger partial charge is 0.220 e. The van der Waals surface area contributed by atoms with E-state index in [0.29, 0.717) is 12.3 Å². The summed E-state index contributed by atoms with van der Waals surface area (Å²) in [4.78, 5) is 11.5. The van der Waals surface area contributed by atoms with Crippen molar-refractivity contribution < 1.29 is 4.79 Å². The van der Waals surface area contributed by atoms with Crippen LogP contribution in [0, 0.1) is 11.8 Å². The first-order valence-electron chi connectivity index (χ1n) is 5.70. The molecule has 4 atom stereocenters. The summed E-state index contributed by atoms with van der Waals surface area (Å²) in [6.07, 6.45) is 5.43. The summed E-state index contributed by atoms with van der Waals surface area (Å²) in [5, 5.41) is 2.98. The van der Waals surface area contributed by atoms with Gasteiger partial charge in [0.2, 0.25) is 5.91 Å². The average Bonchev–Trinajstić information content (AvgIpc) is 2.59. The van der Waals surface area contributed by atoms with E-state index in [0.717, 1.165) is 12.3 Å². The Bertz CT molecular complexity index is 229. The summed E-state index contributed by atoms with van der Waals surface area (Å²) in [6, 6.07) is 0.503. The largest absolute Gasteiger partial charge is 0.352 e. The number of nitrogens with two attached hydrogens (primary N) is 1. The monoisotopic (exact) mass is 196 g/mol. The molecule has 80 valence electrons. The summed E-state index contributed by atoms with van der Waals surface area (Å²) < 4.78 is 0. The first-order chi connectivity index (χ1) is 6.65. The molecule has 0 aliphatic heterocycles. The molecular formula is C11H20N2O. The van der Waals surface area contributed by atoms with Crippen LogP contribution >= 0.6 is 0 Å². The van der Waals surface area contributed by atoms with Gasteiger partial charge in [0.05, 0.1) is 0 Å². The van der Waals surface area contributed by atoms with E-state index in [-0.39, 0.29) is 18.0 Å². The van der Waals surface area contributed by atoms with Crippen LogP contribution in [0.3, 0.4) is 0 Å². The molecule has 4 unspecified atom stereocenters. The fourth-order valence-electron chi connectivity index (χ4n) is 2.42. The molecule has 0 bridgehead atoms. The first kappa shape index (κ1) is 9.97. The van der Waals surface area contributed by atoms with Gasteiger partial charge in [-0.3, -0.25) is 4.79 Å². The van der Waals surface area contributed by atoms with Gasteiger partial charge in [-0.2, -0.15) is 0 Å². The van der Waals surface area contributed by atoms with Crippen LogP contribution in [0.2, 0.25) is 0 Å². The second kappa shape index (κ2) is 3.89. The fourth-order valence-corrected chi connectivity index (χ4v) is 2.42. The van der Waals surface area contributed by atoms with Gasteiger partial charge in [0.15, 0.2) is 0 Å². The molecule has 2 aliphatic rings. The molecule has 3 heteroatoms. The Balaban J connectivity index is 1.67. The summed E-state index contributed by atoms with van der Waals surface area (Å²) >= 11 is 0. The van der Waals surface area contributed by atoms with Crippen molar-refractivity contribution in [2.24, 2.45) is 17.6 Å². The van der Waals surface area contributed by atoms with Crippen LogP contribution in [0.1, 0.15) is 39.0 Å². The van der Waals surface area contributed by atoms with Crippen LogP contribution in [-0.4, -0.2) is 18.0 Å². The maximum Gasteiger partial charge on any atom is 0.220 e. The molecule has 0 aromatic carbocycles. The first-order valence-corrected chi connectivity index (χ1v) is 5.70.